The fraction of sp³-hybridized carbons (Fsp3) is 0.636. The van der Waals surface area contributed by atoms with Crippen molar-refractivity contribution in [1.29, 1.82) is 0 Å². The van der Waals surface area contributed by atoms with Crippen LogP contribution in [-0.4, -0.2) is 68.0 Å². The van der Waals surface area contributed by atoms with Gasteiger partial charge < -0.3 is 19.4 Å². The molecule has 2 amide bonds. The predicted octanol–water partition coefficient (Wildman–Crippen LogP) is 2.63. The number of hydrogen-bond acceptors (Lipinski definition) is 4. The number of piperazine rings is 1. The van der Waals surface area contributed by atoms with Crippen molar-refractivity contribution < 1.29 is 14.3 Å². The highest BCUT2D eigenvalue weighted by molar-refractivity contribution is 6.04. The van der Waals surface area contributed by atoms with Crippen molar-refractivity contribution >= 4 is 17.5 Å². The minimum absolute atomic E-state index is 0.0310. The number of nitrogens with zero attached hydrogens (tertiary/aromatic N) is 3. The number of ether oxygens (including phenoxy) is 1. The summed E-state index contributed by atoms with van der Waals surface area (Å²) in [6.07, 6.45) is 2.04. The van der Waals surface area contributed by atoms with Crippen molar-refractivity contribution in [3.63, 3.8) is 0 Å². The quantitative estimate of drug-likeness (QED) is 0.746. The second-order valence-corrected chi connectivity index (χ2v) is 8.55. The molecule has 154 valence electrons. The molecule has 2 aliphatic heterocycles. The Morgan fingerprint density at radius 2 is 1.46 bits per heavy atom. The van der Waals surface area contributed by atoms with Crippen molar-refractivity contribution in [1.82, 2.24) is 9.80 Å². The Labute approximate surface area is 168 Å². The minimum Gasteiger partial charge on any atom is -0.495 e. The third-order valence-corrected chi connectivity index (χ3v) is 6.13. The van der Waals surface area contributed by atoms with Gasteiger partial charge in [0.25, 0.3) is 0 Å². The molecule has 0 unspecified atom stereocenters. The summed E-state index contributed by atoms with van der Waals surface area (Å²) in [7, 11) is 1.67. The van der Waals surface area contributed by atoms with Crippen LogP contribution < -0.4 is 9.64 Å². The first-order chi connectivity index (χ1) is 13.3. The number of rotatable bonds is 4. The van der Waals surface area contributed by atoms with Crippen molar-refractivity contribution in [2.24, 2.45) is 11.3 Å². The van der Waals surface area contributed by atoms with Gasteiger partial charge in [-0.05, 0) is 44.7 Å². The number of benzene rings is 1. The predicted molar refractivity (Wildman–Crippen MR) is 111 cm³/mol. The van der Waals surface area contributed by atoms with Gasteiger partial charge >= 0.3 is 0 Å². The molecular weight excluding hydrogens is 354 g/mol. The fourth-order valence-corrected chi connectivity index (χ4v) is 4.14. The first-order valence-electron chi connectivity index (χ1n) is 10.3. The largest absolute Gasteiger partial charge is 0.495 e. The Morgan fingerprint density at radius 3 is 2.04 bits per heavy atom. The third kappa shape index (κ3) is 4.10. The highest BCUT2D eigenvalue weighted by Gasteiger charge is 2.43. The van der Waals surface area contributed by atoms with Crippen LogP contribution in [0.1, 0.15) is 33.6 Å². The van der Waals surface area contributed by atoms with E-state index >= 15 is 0 Å². The Balaban J connectivity index is 1.61. The van der Waals surface area contributed by atoms with Crippen molar-refractivity contribution in [2.75, 3.05) is 51.3 Å². The van der Waals surface area contributed by atoms with E-state index in [-0.39, 0.29) is 11.8 Å². The Bertz CT molecular complexity index is 703. The van der Waals surface area contributed by atoms with Gasteiger partial charge in [0.1, 0.15) is 11.2 Å². The summed E-state index contributed by atoms with van der Waals surface area (Å²) in [5, 5.41) is 0. The van der Waals surface area contributed by atoms with E-state index in [1.807, 2.05) is 34.1 Å². The number of amides is 2. The summed E-state index contributed by atoms with van der Waals surface area (Å²) in [4.78, 5) is 32.2. The van der Waals surface area contributed by atoms with Crippen LogP contribution in [0.4, 0.5) is 5.69 Å². The van der Waals surface area contributed by atoms with E-state index in [1.165, 1.54) is 0 Å². The van der Waals surface area contributed by atoms with Crippen molar-refractivity contribution in [3.8, 4) is 5.75 Å². The van der Waals surface area contributed by atoms with E-state index < -0.39 is 5.41 Å². The molecule has 2 saturated heterocycles. The van der Waals surface area contributed by atoms with Crippen molar-refractivity contribution in [3.05, 3.63) is 24.3 Å². The Hall–Kier alpha value is -2.24. The standard InChI is InChI=1S/C22H33N3O3/c1-17-9-11-24(12-10-17)20(26)22(2,3)21(27)25-15-13-23(14-16-25)18-7-5-6-8-19(18)28-4/h5-8,17H,9-16H2,1-4H3. The van der Waals surface area contributed by atoms with E-state index in [0.717, 1.165) is 50.5 Å². The van der Waals surface area contributed by atoms with Crippen LogP contribution in [0.15, 0.2) is 24.3 Å². The third-order valence-electron chi connectivity index (χ3n) is 6.13. The molecule has 0 spiro atoms. The number of methoxy groups -OCH3 is 1. The molecule has 6 heteroatoms. The normalized spacial score (nSPS) is 18.9. The second kappa shape index (κ2) is 8.41. The highest BCUT2D eigenvalue weighted by atomic mass is 16.5. The first kappa shape index (κ1) is 20.5. The number of carbonyl (C=O) groups is 2. The summed E-state index contributed by atoms with van der Waals surface area (Å²) in [6.45, 7) is 10.0. The minimum atomic E-state index is -1.01. The lowest BCUT2D eigenvalue weighted by atomic mass is 9.87. The van der Waals surface area contributed by atoms with E-state index in [0.29, 0.717) is 19.0 Å². The van der Waals surface area contributed by atoms with Gasteiger partial charge in [0.2, 0.25) is 11.8 Å². The molecule has 0 atom stereocenters. The van der Waals surface area contributed by atoms with Crippen LogP contribution in [0, 0.1) is 11.3 Å². The second-order valence-electron chi connectivity index (χ2n) is 8.55. The summed E-state index contributed by atoms with van der Waals surface area (Å²) in [5.74, 6) is 1.41. The zero-order valence-corrected chi connectivity index (χ0v) is 17.6. The molecule has 2 heterocycles. The zero-order chi connectivity index (χ0) is 20.3. The molecule has 1 aromatic carbocycles. The molecule has 2 aliphatic rings. The average Bonchev–Trinajstić information content (AvgIpc) is 2.73. The van der Waals surface area contributed by atoms with Gasteiger partial charge in [0.15, 0.2) is 0 Å². The lowest BCUT2D eigenvalue weighted by Crippen LogP contribution is -2.56. The first-order valence-corrected chi connectivity index (χ1v) is 10.3. The maximum atomic E-state index is 13.2. The van der Waals surface area contributed by atoms with Gasteiger partial charge in [0, 0.05) is 39.3 Å². The molecule has 0 aliphatic carbocycles. The molecule has 0 N–H and O–H groups in total. The summed E-state index contributed by atoms with van der Waals surface area (Å²) in [5.41, 5.74) is 0.0440. The lowest BCUT2D eigenvalue weighted by Gasteiger charge is -2.41. The average molecular weight is 388 g/mol. The molecule has 1 aromatic rings. The number of carbonyl (C=O) groups excluding carboxylic acids is 2. The molecule has 0 bridgehead atoms. The number of hydrogen-bond donors (Lipinski definition) is 0. The van der Waals surface area contributed by atoms with E-state index in [9.17, 15) is 9.59 Å². The van der Waals surface area contributed by atoms with Gasteiger partial charge in [-0.15, -0.1) is 0 Å². The molecule has 0 aromatic heterocycles. The smallest absolute Gasteiger partial charge is 0.237 e. The number of likely N-dealkylation sites (tertiary alicyclic amines) is 1. The maximum absolute atomic E-state index is 13.2. The number of para-hydroxylation sites is 2. The Kier molecular flexibility index (Phi) is 6.16. The van der Waals surface area contributed by atoms with Gasteiger partial charge in [-0.2, -0.15) is 0 Å². The molecule has 6 nitrogen and oxygen atoms in total. The summed E-state index contributed by atoms with van der Waals surface area (Å²) < 4.78 is 5.46. The van der Waals surface area contributed by atoms with Crippen LogP contribution >= 0.6 is 0 Å². The van der Waals surface area contributed by atoms with Crippen LogP contribution in [0.2, 0.25) is 0 Å². The van der Waals surface area contributed by atoms with E-state index in [4.69, 9.17) is 4.74 Å². The lowest BCUT2D eigenvalue weighted by molar-refractivity contribution is -0.155. The number of anilines is 1. The topological polar surface area (TPSA) is 53.1 Å². The zero-order valence-electron chi connectivity index (χ0n) is 17.6. The molecular formula is C22H33N3O3. The van der Waals surface area contributed by atoms with Crippen LogP contribution in [-0.2, 0) is 9.59 Å². The molecule has 0 saturated carbocycles. The van der Waals surface area contributed by atoms with Gasteiger partial charge in [-0.1, -0.05) is 19.1 Å². The Morgan fingerprint density at radius 1 is 0.929 bits per heavy atom. The summed E-state index contributed by atoms with van der Waals surface area (Å²) >= 11 is 0. The highest BCUT2D eigenvalue weighted by Crippen LogP contribution is 2.30. The SMILES string of the molecule is COc1ccccc1N1CCN(C(=O)C(C)(C)C(=O)N2CCC(C)CC2)CC1. The summed E-state index contributed by atoms with van der Waals surface area (Å²) in [6, 6.07) is 7.95. The number of piperidine rings is 1. The van der Waals surface area contributed by atoms with E-state index in [1.54, 1.807) is 21.0 Å². The molecule has 0 radical (unpaired) electrons. The molecule has 3 rings (SSSR count). The fourth-order valence-electron chi connectivity index (χ4n) is 4.14. The van der Waals surface area contributed by atoms with Gasteiger partial charge in [0.05, 0.1) is 12.8 Å². The molecule has 28 heavy (non-hydrogen) atoms. The molecule has 2 fully saturated rings. The maximum Gasteiger partial charge on any atom is 0.237 e. The van der Waals surface area contributed by atoms with Gasteiger partial charge in [-0.25, -0.2) is 0 Å². The van der Waals surface area contributed by atoms with Crippen molar-refractivity contribution in [2.45, 2.75) is 33.6 Å². The van der Waals surface area contributed by atoms with Crippen LogP contribution in [0.5, 0.6) is 5.75 Å². The van der Waals surface area contributed by atoms with Gasteiger partial charge in [-0.3, -0.25) is 9.59 Å². The van der Waals surface area contributed by atoms with E-state index in [2.05, 4.69) is 11.8 Å². The van der Waals surface area contributed by atoms with Crippen LogP contribution in [0.25, 0.3) is 0 Å². The monoisotopic (exact) mass is 387 g/mol. The van der Waals surface area contributed by atoms with Crippen LogP contribution in [0.3, 0.4) is 0 Å².